The molecule has 0 unspecified atom stereocenters. The zero-order valence-electron chi connectivity index (χ0n) is 12.0. The van der Waals surface area contributed by atoms with Crippen molar-refractivity contribution in [1.82, 2.24) is 4.72 Å². The summed E-state index contributed by atoms with van der Waals surface area (Å²) >= 11 is 0. The van der Waals surface area contributed by atoms with Crippen molar-refractivity contribution in [2.24, 2.45) is 10.2 Å². The number of sulfonamides is 1. The monoisotopic (exact) mass is 313 g/mol. The molecule has 0 saturated carbocycles. The van der Waals surface area contributed by atoms with E-state index in [-0.39, 0.29) is 11.4 Å². The maximum atomic E-state index is 11.9. The van der Waals surface area contributed by atoms with Crippen molar-refractivity contribution in [3.63, 3.8) is 0 Å². The summed E-state index contributed by atoms with van der Waals surface area (Å²) in [5.41, 5.74) is 3.30. The van der Waals surface area contributed by atoms with Gasteiger partial charge in [-0.25, -0.2) is 13.1 Å². The molecule has 112 valence electrons. The van der Waals surface area contributed by atoms with Gasteiger partial charge in [0.2, 0.25) is 10.0 Å². The highest BCUT2D eigenvalue weighted by molar-refractivity contribution is 7.89. The van der Waals surface area contributed by atoms with Gasteiger partial charge in [-0.3, -0.25) is 0 Å². The molecule has 3 rings (SSSR count). The van der Waals surface area contributed by atoms with Crippen LogP contribution in [0.1, 0.15) is 16.7 Å². The minimum Gasteiger partial charge on any atom is -0.207 e. The largest absolute Gasteiger partial charge is 0.241 e. The predicted octanol–water partition coefficient (Wildman–Crippen LogP) is 2.11. The van der Waals surface area contributed by atoms with E-state index >= 15 is 0 Å². The Labute approximate surface area is 129 Å². The molecule has 6 heteroatoms. The Morgan fingerprint density at radius 2 is 1.95 bits per heavy atom. The van der Waals surface area contributed by atoms with Crippen LogP contribution in [0, 0.1) is 6.92 Å². The molecular weight excluding hydrogens is 298 g/mol. The Morgan fingerprint density at radius 1 is 1.14 bits per heavy atom. The van der Waals surface area contributed by atoms with Gasteiger partial charge in [0.25, 0.3) is 0 Å². The summed E-state index contributed by atoms with van der Waals surface area (Å²) in [6.07, 6.45) is 1.66. The minimum atomic E-state index is -3.44. The van der Waals surface area contributed by atoms with Crippen molar-refractivity contribution >= 4 is 21.9 Å². The van der Waals surface area contributed by atoms with E-state index in [0.29, 0.717) is 11.3 Å². The van der Waals surface area contributed by atoms with Gasteiger partial charge in [-0.2, -0.15) is 10.2 Å². The quantitative estimate of drug-likeness (QED) is 0.681. The second-order valence-corrected chi connectivity index (χ2v) is 6.76. The van der Waals surface area contributed by atoms with Gasteiger partial charge in [0.15, 0.2) is 0 Å². The molecule has 2 aromatic carbocycles. The number of aryl methyl sites for hydroxylation is 1. The number of benzene rings is 2. The van der Waals surface area contributed by atoms with Crippen LogP contribution in [0.4, 0.5) is 0 Å². The van der Waals surface area contributed by atoms with Crippen molar-refractivity contribution in [3.8, 4) is 0 Å². The molecule has 0 fully saturated rings. The highest BCUT2D eigenvalue weighted by Gasteiger charge is 2.26. The zero-order valence-corrected chi connectivity index (χ0v) is 12.8. The van der Waals surface area contributed by atoms with Gasteiger partial charge in [-0.05, 0) is 18.6 Å². The first-order chi connectivity index (χ1) is 10.6. The van der Waals surface area contributed by atoms with E-state index < -0.39 is 10.0 Å². The van der Waals surface area contributed by atoms with Crippen LogP contribution < -0.4 is 4.72 Å². The first kappa shape index (κ1) is 14.6. The van der Waals surface area contributed by atoms with E-state index in [2.05, 4.69) is 14.9 Å². The lowest BCUT2D eigenvalue weighted by molar-refractivity contribution is 0.584. The summed E-state index contributed by atoms with van der Waals surface area (Å²) in [4.78, 5) is 0.241. The van der Waals surface area contributed by atoms with E-state index in [1.807, 2.05) is 31.2 Å². The van der Waals surface area contributed by atoms with Crippen LogP contribution >= 0.6 is 0 Å². The molecule has 1 aliphatic heterocycles. The molecule has 0 radical (unpaired) electrons. The molecule has 0 saturated heterocycles. The molecular formula is C16H15N3O2S. The molecule has 0 aromatic heterocycles. The molecule has 1 heterocycles. The van der Waals surface area contributed by atoms with E-state index in [0.717, 1.165) is 11.1 Å². The van der Waals surface area contributed by atoms with Crippen molar-refractivity contribution in [3.05, 3.63) is 65.2 Å². The second-order valence-electron chi connectivity index (χ2n) is 5.03. The van der Waals surface area contributed by atoms with E-state index in [4.69, 9.17) is 0 Å². The third kappa shape index (κ3) is 2.98. The minimum absolute atomic E-state index is 0.143. The average molecular weight is 313 g/mol. The van der Waals surface area contributed by atoms with E-state index in [9.17, 15) is 8.42 Å². The van der Waals surface area contributed by atoms with Crippen LogP contribution in [-0.2, 0) is 10.0 Å². The van der Waals surface area contributed by atoms with Crippen LogP contribution in [-0.4, -0.2) is 26.9 Å². The lowest BCUT2D eigenvalue weighted by Gasteiger charge is -2.17. The number of rotatable bonds is 2. The highest BCUT2D eigenvalue weighted by atomic mass is 32.2. The Bertz CT molecular complexity index is 870. The molecule has 2 aromatic rings. The normalized spacial score (nSPS) is 18.5. The number of fused-ring (bicyclic) bond motifs is 1. The molecule has 0 aliphatic carbocycles. The Balaban J connectivity index is 1.93. The summed E-state index contributed by atoms with van der Waals surface area (Å²) in [6.45, 7) is 2.15. The van der Waals surface area contributed by atoms with Crippen molar-refractivity contribution < 1.29 is 8.42 Å². The Hall–Kier alpha value is -2.31. The average Bonchev–Trinajstić information content (AvgIpc) is 2.50. The maximum Gasteiger partial charge on any atom is 0.241 e. The third-order valence-electron chi connectivity index (χ3n) is 3.34. The Morgan fingerprint density at radius 3 is 2.77 bits per heavy atom. The summed E-state index contributed by atoms with van der Waals surface area (Å²) < 4.78 is 26.4. The zero-order chi connectivity index (χ0) is 15.6. The van der Waals surface area contributed by atoms with Gasteiger partial charge in [0.05, 0.1) is 23.4 Å². The van der Waals surface area contributed by atoms with E-state index in [1.54, 1.807) is 30.5 Å². The van der Waals surface area contributed by atoms with Crippen LogP contribution in [0.5, 0.6) is 0 Å². The van der Waals surface area contributed by atoms with Gasteiger partial charge in [0.1, 0.15) is 0 Å². The highest BCUT2D eigenvalue weighted by Crippen LogP contribution is 2.20. The van der Waals surface area contributed by atoms with Crippen LogP contribution in [0.2, 0.25) is 0 Å². The fourth-order valence-corrected chi connectivity index (χ4v) is 3.50. The molecule has 1 N–H and O–H groups in total. The fraction of sp³-hybridized carbons (Fsp3) is 0.125. The summed E-state index contributed by atoms with van der Waals surface area (Å²) in [5.74, 6) is 0. The predicted molar refractivity (Wildman–Crippen MR) is 86.9 cm³/mol. The molecule has 0 atom stereocenters. The standard InChI is InChI=1S/C16H15N3O2S/c1-12-5-4-6-13(9-12)10-17-19-15-11-18-22(20,21)16-8-3-2-7-14(15)16/h2-10,18H,11H2,1H3/b17-10+,19-15+. The second kappa shape index (κ2) is 5.82. The maximum absolute atomic E-state index is 11.9. The molecule has 1 aliphatic rings. The smallest absolute Gasteiger partial charge is 0.207 e. The van der Waals surface area contributed by atoms with Gasteiger partial charge >= 0.3 is 0 Å². The number of hydrogen-bond acceptors (Lipinski definition) is 4. The van der Waals surface area contributed by atoms with Gasteiger partial charge in [0, 0.05) is 5.56 Å². The lowest BCUT2D eigenvalue weighted by Crippen LogP contribution is -2.36. The summed E-state index contributed by atoms with van der Waals surface area (Å²) in [6, 6.07) is 14.7. The van der Waals surface area contributed by atoms with Crippen LogP contribution in [0.3, 0.4) is 0 Å². The van der Waals surface area contributed by atoms with Crippen molar-refractivity contribution in [2.75, 3.05) is 6.54 Å². The number of nitrogens with zero attached hydrogens (tertiary/aromatic N) is 2. The number of nitrogens with one attached hydrogen (secondary N) is 1. The van der Waals surface area contributed by atoms with Gasteiger partial charge in [-0.15, -0.1) is 0 Å². The molecule has 22 heavy (non-hydrogen) atoms. The number of hydrogen-bond donors (Lipinski definition) is 1. The topological polar surface area (TPSA) is 70.9 Å². The lowest BCUT2D eigenvalue weighted by atomic mass is 10.1. The molecule has 0 bridgehead atoms. The van der Waals surface area contributed by atoms with Crippen LogP contribution in [0.25, 0.3) is 0 Å². The molecule has 0 amide bonds. The van der Waals surface area contributed by atoms with Gasteiger partial charge in [-0.1, -0.05) is 48.0 Å². The summed E-state index contributed by atoms with van der Waals surface area (Å²) in [5, 5.41) is 8.26. The third-order valence-corrected chi connectivity index (χ3v) is 4.80. The van der Waals surface area contributed by atoms with Crippen LogP contribution in [0.15, 0.2) is 63.6 Å². The fourth-order valence-electron chi connectivity index (χ4n) is 2.28. The first-order valence-corrected chi connectivity index (χ1v) is 8.30. The molecule has 5 nitrogen and oxygen atoms in total. The summed E-state index contributed by atoms with van der Waals surface area (Å²) in [7, 11) is -3.44. The first-order valence-electron chi connectivity index (χ1n) is 6.82. The molecule has 0 spiro atoms. The SMILES string of the molecule is Cc1cccc(/C=N/N=C2\CNS(=O)(=O)c3ccccc32)c1. The van der Waals surface area contributed by atoms with Crippen molar-refractivity contribution in [1.29, 1.82) is 0 Å². The van der Waals surface area contributed by atoms with Crippen molar-refractivity contribution in [2.45, 2.75) is 11.8 Å². The Kier molecular flexibility index (Phi) is 3.87. The van der Waals surface area contributed by atoms with Gasteiger partial charge < -0.3 is 0 Å². The van der Waals surface area contributed by atoms with E-state index in [1.165, 1.54) is 0 Å².